The molecule has 0 heterocycles. The summed E-state index contributed by atoms with van der Waals surface area (Å²) in [6.45, 7) is 2.57. The topological polar surface area (TPSA) is 37.3 Å². The van der Waals surface area contributed by atoms with Crippen LogP contribution in [0.15, 0.2) is 12.2 Å². The normalized spacial score (nSPS) is 39.1. The molecule has 2 heteroatoms. The minimum Gasteiger partial charge on any atom is -0.481 e. The van der Waals surface area contributed by atoms with Crippen molar-refractivity contribution in [3.05, 3.63) is 12.2 Å². The van der Waals surface area contributed by atoms with Crippen molar-refractivity contribution in [1.29, 1.82) is 0 Å². The fraction of sp³-hybridized carbons (Fsp3) is 0.850. The van der Waals surface area contributed by atoms with E-state index in [1.807, 2.05) is 0 Å². The standard InChI is InChI=1S/C20H30O2/c1-19(15-6-2-3-7-15,16-8-4-5-9-16)20-11-10-14(12-20)17(13-20)18(21)22/h10-11,14-17H,2-9,12-13H2,1H3,(H,21,22). The van der Waals surface area contributed by atoms with Gasteiger partial charge in [-0.2, -0.15) is 0 Å². The van der Waals surface area contributed by atoms with Crippen LogP contribution in [0.25, 0.3) is 0 Å². The van der Waals surface area contributed by atoms with Gasteiger partial charge in [0.15, 0.2) is 0 Å². The highest BCUT2D eigenvalue weighted by atomic mass is 16.4. The summed E-state index contributed by atoms with van der Waals surface area (Å²) in [4.78, 5) is 11.7. The van der Waals surface area contributed by atoms with Crippen LogP contribution in [0.3, 0.4) is 0 Å². The van der Waals surface area contributed by atoms with E-state index >= 15 is 0 Å². The Balaban J connectivity index is 1.72. The number of aliphatic carboxylic acids is 1. The number of fused-ring (bicyclic) bond motifs is 2. The Morgan fingerprint density at radius 2 is 1.59 bits per heavy atom. The summed E-state index contributed by atoms with van der Waals surface area (Å²) in [6.07, 6.45) is 17.8. The number of carboxylic acids is 1. The number of carbonyl (C=O) groups is 1. The molecule has 4 rings (SSSR count). The third-order valence-electron chi connectivity index (χ3n) is 8.16. The van der Waals surface area contributed by atoms with E-state index in [2.05, 4.69) is 19.1 Å². The van der Waals surface area contributed by atoms with E-state index in [0.717, 1.165) is 24.7 Å². The van der Waals surface area contributed by atoms with Gasteiger partial charge < -0.3 is 5.11 Å². The van der Waals surface area contributed by atoms with Gasteiger partial charge in [0, 0.05) is 0 Å². The van der Waals surface area contributed by atoms with E-state index < -0.39 is 5.97 Å². The van der Waals surface area contributed by atoms with Gasteiger partial charge in [0.25, 0.3) is 0 Å². The van der Waals surface area contributed by atoms with E-state index in [1.54, 1.807) is 0 Å². The molecule has 0 spiro atoms. The molecule has 2 nitrogen and oxygen atoms in total. The molecule has 3 fully saturated rings. The molecule has 0 saturated heterocycles. The van der Waals surface area contributed by atoms with Crippen LogP contribution < -0.4 is 0 Å². The second-order valence-electron chi connectivity index (χ2n) is 8.78. The Hall–Kier alpha value is -0.790. The maximum atomic E-state index is 11.7. The summed E-state index contributed by atoms with van der Waals surface area (Å²) < 4.78 is 0. The Kier molecular flexibility index (Phi) is 3.43. The van der Waals surface area contributed by atoms with Crippen molar-refractivity contribution in [1.82, 2.24) is 0 Å². The highest BCUT2D eigenvalue weighted by Crippen LogP contribution is 2.69. The van der Waals surface area contributed by atoms with Crippen LogP contribution in [-0.2, 0) is 4.79 Å². The van der Waals surface area contributed by atoms with Crippen LogP contribution >= 0.6 is 0 Å². The number of carboxylic acid groups (broad SMARTS) is 1. The Bertz CT molecular complexity index is 466. The average Bonchev–Trinajstić information content (AvgIpc) is 3.30. The summed E-state index contributed by atoms with van der Waals surface area (Å²) in [5, 5.41) is 9.61. The molecule has 3 saturated carbocycles. The number of allylic oxidation sites excluding steroid dienone is 2. The lowest BCUT2D eigenvalue weighted by molar-refractivity contribution is -0.143. The zero-order valence-electron chi connectivity index (χ0n) is 13.9. The summed E-state index contributed by atoms with van der Waals surface area (Å²) in [7, 11) is 0. The molecule has 22 heavy (non-hydrogen) atoms. The van der Waals surface area contributed by atoms with Crippen molar-refractivity contribution in [2.45, 2.75) is 71.1 Å². The fourth-order valence-corrected chi connectivity index (χ4v) is 6.92. The van der Waals surface area contributed by atoms with E-state index in [9.17, 15) is 9.90 Å². The van der Waals surface area contributed by atoms with Gasteiger partial charge in [-0.1, -0.05) is 44.8 Å². The van der Waals surface area contributed by atoms with Crippen molar-refractivity contribution in [3.8, 4) is 0 Å². The summed E-state index contributed by atoms with van der Waals surface area (Å²) in [5.74, 6) is 1.28. The number of rotatable bonds is 4. The summed E-state index contributed by atoms with van der Waals surface area (Å²) in [6, 6.07) is 0. The Morgan fingerprint density at radius 1 is 1.05 bits per heavy atom. The second-order valence-corrected chi connectivity index (χ2v) is 8.78. The van der Waals surface area contributed by atoms with Crippen molar-refractivity contribution >= 4 is 5.97 Å². The molecule has 1 N–H and O–H groups in total. The number of hydrogen-bond donors (Lipinski definition) is 1. The largest absolute Gasteiger partial charge is 0.481 e. The molecule has 0 aromatic rings. The minimum atomic E-state index is -0.559. The first kappa shape index (κ1) is 14.8. The van der Waals surface area contributed by atoms with Crippen molar-refractivity contribution < 1.29 is 9.90 Å². The monoisotopic (exact) mass is 302 g/mol. The van der Waals surface area contributed by atoms with E-state index in [1.165, 1.54) is 51.4 Å². The Labute approximate surface area is 134 Å². The van der Waals surface area contributed by atoms with Gasteiger partial charge in [-0.3, -0.25) is 4.79 Å². The van der Waals surface area contributed by atoms with Gasteiger partial charge in [-0.25, -0.2) is 0 Å². The zero-order chi connectivity index (χ0) is 15.4. The molecule has 0 radical (unpaired) electrons. The van der Waals surface area contributed by atoms with Gasteiger partial charge in [0.1, 0.15) is 0 Å². The quantitative estimate of drug-likeness (QED) is 0.739. The molecule has 0 amide bonds. The molecule has 0 aliphatic heterocycles. The first-order chi connectivity index (χ1) is 10.6. The summed E-state index contributed by atoms with van der Waals surface area (Å²) >= 11 is 0. The molecule has 4 aliphatic rings. The average molecular weight is 302 g/mol. The fourth-order valence-electron chi connectivity index (χ4n) is 6.92. The van der Waals surface area contributed by atoms with Gasteiger partial charge in [0.05, 0.1) is 5.92 Å². The molecular weight excluding hydrogens is 272 g/mol. The number of hydrogen-bond acceptors (Lipinski definition) is 1. The lowest BCUT2D eigenvalue weighted by Gasteiger charge is -2.53. The highest BCUT2D eigenvalue weighted by molar-refractivity contribution is 5.72. The molecule has 0 aromatic heterocycles. The maximum Gasteiger partial charge on any atom is 0.307 e. The van der Waals surface area contributed by atoms with Crippen LogP contribution in [0.4, 0.5) is 0 Å². The predicted octanol–water partition coefficient (Wildman–Crippen LogP) is 5.04. The highest BCUT2D eigenvalue weighted by Gasteiger charge is 2.62. The van der Waals surface area contributed by atoms with Gasteiger partial charge in [-0.15, -0.1) is 0 Å². The van der Waals surface area contributed by atoms with Crippen LogP contribution in [-0.4, -0.2) is 11.1 Å². The predicted molar refractivity (Wildman–Crippen MR) is 87.4 cm³/mol. The lowest BCUT2D eigenvalue weighted by atomic mass is 9.51. The van der Waals surface area contributed by atoms with Crippen LogP contribution in [0.5, 0.6) is 0 Å². The minimum absolute atomic E-state index is 0.118. The van der Waals surface area contributed by atoms with E-state index in [0.29, 0.717) is 11.3 Å². The second kappa shape index (κ2) is 5.11. The first-order valence-electron chi connectivity index (χ1n) is 9.49. The lowest BCUT2D eigenvalue weighted by Crippen LogP contribution is -2.47. The third-order valence-corrected chi connectivity index (χ3v) is 8.16. The summed E-state index contributed by atoms with van der Waals surface area (Å²) in [5.41, 5.74) is 0.528. The maximum absolute atomic E-state index is 11.7. The van der Waals surface area contributed by atoms with Crippen molar-refractivity contribution in [2.75, 3.05) is 0 Å². The van der Waals surface area contributed by atoms with E-state index in [4.69, 9.17) is 0 Å². The van der Waals surface area contributed by atoms with Crippen molar-refractivity contribution in [3.63, 3.8) is 0 Å². The van der Waals surface area contributed by atoms with Gasteiger partial charge in [0.2, 0.25) is 0 Å². The molecular formula is C20H30O2. The molecule has 4 aliphatic carbocycles. The molecule has 3 atom stereocenters. The van der Waals surface area contributed by atoms with E-state index in [-0.39, 0.29) is 11.3 Å². The van der Waals surface area contributed by atoms with Crippen molar-refractivity contribution in [2.24, 2.45) is 34.5 Å². The SMILES string of the molecule is CC(C1CCCC1)(C1CCCC1)C12C=CC(C1)C(C(=O)O)C2. The molecule has 3 unspecified atom stereocenters. The van der Waals surface area contributed by atoms with Crippen LogP contribution in [0, 0.1) is 34.5 Å². The van der Waals surface area contributed by atoms with Gasteiger partial charge in [-0.05, 0) is 67.1 Å². The van der Waals surface area contributed by atoms with Crippen LogP contribution in [0.1, 0.15) is 71.1 Å². The zero-order valence-corrected chi connectivity index (χ0v) is 13.9. The van der Waals surface area contributed by atoms with Crippen LogP contribution in [0.2, 0.25) is 0 Å². The van der Waals surface area contributed by atoms with Gasteiger partial charge >= 0.3 is 5.97 Å². The molecule has 0 aromatic carbocycles. The smallest absolute Gasteiger partial charge is 0.307 e. The Morgan fingerprint density at radius 3 is 2.05 bits per heavy atom. The molecule has 2 bridgehead atoms. The first-order valence-corrected chi connectivity index (χ1v) is 9.49. The molecule has 122 valence electrons. The third kappa shape index (κ3) is 1.88.